The zero-order valence-corrected chi connectivity index (χ0v) is 15.6. The first-order valence-corrected chi connectivity index (χ1v) is 9.43. The van der Waals surface area contributed by atoms with Crippen LogP contribution >= 0.6 is 11.8 Å². The maximum absolute atomic E-state index is 12.2. The van der Waals surface area contributed by atoms with Gasteiger partial charge in [0.25, 0.3) is 0 Å². The van der Waals surface area contributed by atoms with Gasteiger partial charge in [0.05, 0.1) is 36.2 Å². The standard InChI is InChI=1S/C15H19FN2O2S.C2HF3O2/c16-5-4-14(19)18-10-15(11-18)7-13(9-21-15)20-8-12-3-1-2-6-17-12;3-2(4,5)1(6)7/h1-3,6,13H,4-5,7-11H2;(H,6,7). The molecule has 0 bridgehead atoms. The number of aliphatic carboxylic acids is 1. The number of pyridine rings is 1. The van der Waals surface area contributed by atoms with Gasteiger partial charge in [-0.3, -0.25) is 14.2 Å². The van der Waals surface area contributed by atoms with Gasteiger partial charge in [-0.05, 0) is 18.6 Å². The molecule has 11 heteroatoms. The van der Waals surface area contributed by atoms with Crippen LogP contribution < -0.4 is 0 Å². The Morgan fingerprint density at radius 3 is 2.57 bits per heavy atom. The molecule has 1 unspecified atom stereocenters. The Kier molecular flexibility index (Phi) is 7.64. The Hall–Kier alpha value is -1.88. The third kappa shape index (κ3) is 6.33. The van der Waals surface area contributed by atoms with E-state index in [4.69, 9.17) is 14.6 Å². The van der Waals surface area contributed by atoms with Crippen molar-refractivity contribution >= 4 is 23.6 Å². The summed E-state index contributed by atoms with van der Waals surface area (Å²) in [5.41, 5.74) is 0.941. The number of aromatic nitrogens is 1. The van der Waals surface area contributed by atoms with Crippen molar-refractivity contribution in [1.82, 2.24) is 9.88 Å². The van der Waals surface area contributed by atoms with E-state index in [2.05, 4.69) is 4.98 Å². The molecule has 1 N–H and O–H groups in total. The fourth-order valence-corrected chi connectivity index (χ4v) is 4.43. The van der Waals surface area contributed by atoms with Gasteiger partial charge < -0.3 is 14.7 Å². The van der Waals surface area contributed by atoms with Crippen LogP contribution in [0.4, 0.5) is 17.6 Å². The van der Waals surface area contributed by atoms with Crippen LogP contribution in [-0.4, -0.2) is 69.4 Å². The van der Waals surface area contributed by atoms with Crippen molar-refractivity contribution in [3.8, 4) is 0 Å². The molecule has 1 atom stereocenters. The van der Waals surface area contributed by atoms with E-state index in [1.54, 1.807) is 11.1 Å². The summed E-state index contributed by atoms with van der Waals surface area (Å²) in [6.45, 7) is 1.44. The molecule has 156 valence electrons. The second kappa shape index (κ2) is 9.55. The van der Waals surface area contributed by atoms with Gasteiger partial charge in [0.1, 0.15) is 0 Å². The van der Waals surface area contributed by atoms with Crippen LogP contribution in [0, 0.1) is 0 Å². The molecule has 2 aliphatic rings. The summed E-state index contributed by atoms with van der Waals surface area (Å²) >= 11 is 1.88. The molecule has 2 aliphatic heterocycles. The van der Waals surface area contributed by atoms with Crippen LogP contribution in [0.3, 0.4) is 0 Å². The topological polar surface area (TPSA) is 79.7 Å². The molecule has 2 fully saturated rings. The average molecular weight is 424 g/mol. The SMILES string of the molecule is O=C(CCF)N1CC2(CC(OCc3ccccn3)CS2)C1.O=C(O)C(F)(F)F. The number of amides is 1. The third-order valence-corrected chi connectivity index (χ3v) is 5.81. The van der Waals surface area contributed by atoms with Gasteiger partial charge >= 0.3 is 12.1 Å². The van der Waals surface area contributed by atoms with Crippen molar-refractivity contribution in [3.63, 3.8) is 0 Å². The summed E-state index contributed by atoms with van der Waals surface area (Å²) in [5.74, 6) is -1.87. The Morgan fingerprint density at radius 1 is 1.36 bits per heavy atom. The molecule has 0 radical (unpaired) electrons. The number of carbonyl (C=O) groups is 2. The van der Waals surface area contributed by atoms with Crippen LogP contribution in [0.5, 0.6) is 0 Å². The monoisotopic (exact) mass is 424 g/mol. The largest absolute Gasteiger partial charge is 0.490 e. The number of carboxylic acid groups (broad SMARTS) is 1. The summed E-state index contributed by atoms with van der Waals surface area (Å²) < 4.78 is 50.0. The van der Waals surface area contributed by atoms with Crippen molar-refractivity contribution < 1.29 is 37.0 Å². The number of alkyl halides is 4. The zero-order chi connectivity index (χ0) is 20.8. The van der Waals surface area contributed by atoms with Gasteiger partial charge in [-0.15, -0.1) is 11.8 Å². The second-order valence-corrected chi connectivity index (χ2v) is 7.93. The van der Waals surface area contributed by atoms with Crippen molar-refractivity contribution in [2.24, 2.45) is 0 Å². The lowest BCUT2D eigenvalue weighted by atomic mass is 9.92. The second-order valence-electron chi connectivity index (χ2n) is 6.44. The number of likely N-dealkylation sites (tertiary alicyclic amines) is 1. The van der Waals surface area contributed by atoms with Crippen LogP contribution in [0.1, 0.15) is 18.5 Å². The van der Waals surface area contributed by atoms with E-state index in [0.717, 1.165) is 31.0 Å². The molecule has 1 spiro atoms. The molecular formula is C17H20F4N2O4S. The van der Waals surface area contributed by atoms with E-state index in [-0.39, 0.29) is 23.2 Å². The van der Waals surface area contributed by atoms with Crippen molar-refractivity contribution in [2.75, 3.05) is 25.5 Å². The number of halogens is 4. The highest BCUT2D eigenvalue weighted by Gasteiger charge is 2.50. The fraction of sp³-hybridized carbons (Fsp3) is 0.588. The van der Waals surface area contributed by atoms with E-state index in [1.165, 1.54) is 0 Å². The van der Waals surface area contributed by atoms with E-state index in [1.807, 2.05) is 30.0 Å². The van der Waals surface area contributed by atoms with Gasteiger partial charge in [-0.2, -0.15) is 13.2 Å². The highest BCUT2D eigenvalue weighted by atomic mass is 32.2. The van der Waals surface area contributed by atoms with Crippen molar-refractivity contribution in [3.05, 3.63) is 30.1 Å². The van der Waals surface area contributed by atoms with E-state index < -0.39 is 18.8 Å². The first kappa shape index (κ1) is 22.4. The predicted molar refractivity (Wildman–Crippen MR) is 93.5 cm³/mol. The molecule has 1 aromatic rings. The van der Waals surface area contributed by atoms with Crippen LogP contribution in [0.15, 0.2) is 24.4 Å². The lowest BCUT2D eigenvalue weighted by Gasteiger charge is -2.47. The van der Waals surface area contributed by atoms with Crippen LogP contribution in [0.25, 0.3) is 0 Å². The van der Waals surface area contributed by atoms with Gasteiger partial charge in [0.2, 0.25) is 5.91 Å². The number of thioether (sulfide) groups is 1. The predicted octanol–water partition coefficient (Wildman–Crippen LogP) is 2.68. The summed E-state index contributed by atoms with van der Waals surface area (Å²) in [6, 6.07) is 5.80. The zero-order valence-electron chi connectivity index (χ0n) is 14.8. The molecule has 3 heterocycles. The number of nitrogens with zero attached hydrogens (tertiary/aromatic N) is 2. The molecule has 1 amide bonds. The van der Waals surface area contributed by atoms with E-state index in [0.29, 0.717) is 6.61 Å². The van der Waals surface area contributed by atoms with E-state index in [9.17, 15) is 22.4 Å². The molecule has 1 aromatic heterocycles. The minimum atomic E-state index is -5.08. The molecular weight excluding hydrogens is 404 g/mol. The van der Waals surface area contributed by atoms with Crippen molar-refractivity contribution in [2.45, 2.75) is 36.5 Å². The fourth-order valence-electron chi connectivity index (χ4n) is 2.88. The van der Waals surface area contributed by atoms with Crippen LogP contribution in [0.2, 0.25) is 0 Å². The third-order valence-electron chi connectivity index (χ3n) is 4.23. The Labute approximate surface area is 163 Å². The summed E-state index contributed by atoms with van der Waals surface area (Å²) in [5, 5.41) is 7.12. The lowest BCUT2D eigenvalue weighted by Crippen LogP contribution is -2.60. The van der Waals surface area contributed by atoms with Gasteiger partial charge in [-0.1, -0.05) is 6.07 Å². The lowest BCUT2D eigenvalue weighted by molar-refractivity contribution is -0.192. The molecule has 6 nitrogen and oxygen atoms in total. The number of carbonyl (C=O) groups excluding carboxylic acids is 1. The number of ether oxygens (including phenoxy) is 1. The average Bonchev–Trinajstić information content (AvgIpc) is 3.04. The summed E-state index contributed by atoms with van der Waals surface area (Å²) in [4.78, 5) is 26.5. The first-order chi connectivity index (χ1) is 13.1. The number of hydrogen-bond acceptors (Lipinski definition) is 5. The van der Waals surface area contributed by atoms with Gasteiger partial charge in [0.15, 0.2) is 0 Å². The number of carboxylic acids is 1. The maximum atomic E-state index is 12.2. The number of hydrogen-bond donors (Lipinski definition) is 1. The van der Waals surface area contributed by atoms with Crippen LogP contribution in [-0.2, 0) is 20.9 Å². The molecule has 0 saturated carbocycles. The molecule has 0 aromatic carbocycles. The first-order valence-electron chi connectivity index (χ1n) is 8.44. The molecule has 28 heavy (non-hydrogen) atoms. The number of rotatable bonds is 5. The maximum Gasteiger partial charge on any atom is 0.490 e. The smallest absolute Gasteiger partial charge is 0.475 e. The Bertz CT molecular complexity index is 669. The van der Waals surface area contributed by atoms with Gasteiger partial charge in [0, 0.05) is 25.0 Å². The minimum absolute atomic E-state index is 0.0142. The quantitative estimate of drug-likeness (QED) is 0.733. The molecule has 0 aliphatic carbocycles. The highest BCUT2D eigenvalue weighted by molar-refractivity contribution is 8.01. The summed E-state index contributed by atoms with van der Waals surface area (Å²) in [6.07, 6.45) is -2.12. The molecule has 2 saturated heterocycles. The molecule has 3 rings (SSSR count). The van der Waals surface area contributed by atoms with Gasteiger partial charge in [-0.25, -0.2) is 4.79 Å². The minimum Gasteiger partial charge on any atom is -0.475 e. The summed E-state index contributed by atoms with van der Waals surface area (Å²) in [7, 11) is 0. The Balaban J connectivity index is 0.000000345. The van der Waals surface area contributed by atoms with Crippen molar-refractivity contribution in [1.29, 1.82) is 0 Å². The highest BCUT2D eigenvalue weighted by Crippen LogP contribution is 2.46. The normalized spacial score (nSPS) is 20.3. The van der Waals surface area contributed by atoms with E-state index >= 15 is 0 Å². The Morgan fingerprint density at radius 2 is 2.04 bits per heavy atom.